The second-order valence-electron chi connectivity index (χ2n) is 6.30. The molecule has 1 aromatic carbocycles. The molecule has 1 aromatic heterocycles. The third-order valence-electron chi connectivity index (χ3n) is 4.45. The maximum atomic E-state index is 12.6. The number of aromatic nitrogens is 1. The molecule has 1 N–H and O–H groups in total. The lowest BCUT2D eigenvalue weighted by Gasteiger charge is -2.31. The van der Waals surface area contributed by atoms with E-state index in [-0.39, 0.29) is 12.0 Å². The summed E-state index contributed by atoms with van der Waals surface area (Å²) >= 11 is 0. The van der Waals surface area contributed by atoms with Crippen molar-refractivity contribution in [1.82, 2.24) is 4.98 Å². The van der Waals surface area contributed by atoms with Gasteiger partial charge in [-0.3, -0.25) is 4.79 Å². The zero-order chi connectivity index (χ0) is 17.9. The summed E-state index contributed by atoms with van der Waals surface area (Å²) in [5, 5.41) is 2.85. The summed E-state index contributed by atoms with van der Waals surface area (Å²) in [7, 11) is 0. The zero-order valence-corrected chi connectivity index (χ0v) is 14.6. The molecule has 0 bridgehead atoms. The lowest BCUT2D eigenvalue weighted by atomic mass is 10.1. The summed E-state index contributed by atoms with van der Waals surface area (Å²) in [5.74, 6) is 1.85. The number of carbonyl (C=O) groups excluding carboxylic acids is 1. The highest BCUT2D eigenvalue weighted by Crippen LogP contribution is 2.33. The van der Waals surface area contributed by atoms with Crippen molar-refractivity contribution < 1.29 is 19.0 Å². The van der Waals surface area contributed by atoms with Crippen molar-refractivity contribution in [1.29, 1.82) is 0 Å². The van der Waals surface area contributed by atoms with Gasteiger partial charge in [-0.15, -0.1) is 0 Å². The molecule has 2 aromatic rings. The molecule has 2 aliphatic rings. The van der Waals surface area contributed by atoms with Crippen LogP contribution in [0.1, 0.15) is 6.92 Å². The van der Waals surface area contributed by atoms with Gasteiger partial charge in [0.15, 0.2) is 11.5 Å². The average Bonchev–Trinajstić information content (AvgIpc) is 2.68. The van der Waals surface area contributed by atoms with E-state index in [1.165, 1.54) is 0 Å². The molecule has 1 fully saturated rings. The van der Waals surface area contributed by atoms with Gasteiger partial charge in [-0.05, 0) is 31.2 Å². The van der Waals surface area contributed by atoms with Gasteiger partial charge in [0.05, 0.1) is 25.1 Å². The Bertz CT molecular complexity index is 775. The van der Waals surface area contributed by atoms with Gasteiger partial charge in [0.25, 0.3) is 5.91 Å². The fourth-order valence-corrected chi connectivity index (χ4v) is 3.06. The minimum Gasteiger partial charge on any atom is -0.482 e. The van der Waals surface area contributed by atoms with Crippen LogP contribution < -0.4 is 19.7 Å². The van der Waals surface area contributed by atoms with Crippen molar-refractivity contribution >= 4 is 17.4 Å². The van der Waals surface area contributed by atoms with Crippen LogP contribution in [0.15, 0.2) is 42.6 Å². The van der Waals surface area contributed by atoms with Gasteiger partial charge in [-0.1, -0.05) is 12.1 Å². The second-order valence-corrected chi connectivity index (χ2v) is 6.30. The lowest BCUT2D eigenvalue weighted by molar-refractivity contribution is -0.128. The van der Waals surface area contributed by atoms with Crippen LogP contribution in [0.25, 0.3) is 0 Å². The van der Waals surface area contributed by atoms with Crippen LogP contribution in [0.5, 0.6) is 11.5 Å². The molecule has 0 unspecified atom stereocenters. The highest BCUT2D eigenvalue weighted by atomic mass is 16.6. The third kappa shape index (κ3) is 3.43. The largest absolute Gasteiger partial charge is 0.482 e. The number of para-hydroxylation sites is 2. The number of fused-ring (bicyclic) bond motifs is 1. The van der Waals surface area contributed by atoms with Crippen molar-refractivity contribution in [2.45, 2.75) is 19.1 Å². The number of amides is 1. The number of ether oxygens (including phenoxy) is 3. The van der Waals surface area contributed by atoms with E-state index in [9.17, 15) is 4.79 Å². The highest BCUT2D eigenvalue weighted by Gasteiger charge is 2.34. The molecule has 3 heterocycles. The van der Waals surface area contributed by atoms with Crippen LogP contribution >= 0.6 is 0 Å². The molecule has 7 nitrogen and oxygen atoms in total. The third-order valence-corrected chi connectivity index (χ3v) is 4.45. The Balaban J connectivity index is 1.41. The van der Waals surface area contributed by atoms with Crippen LogP contribution in [0, 0.1) is 0 Å². The first-order valence-electron chi connectivity index (χ1n) is 8.73. The van der Waals surface area contributed by atoms with Crippen molar-refractivity contribution in [2.24, 2.45) is 0 Å². The number of nitrogens with one attached hydrogen (secondary N) is 1. The van der Waals surface area contributed by atoms with Crippen molar-refractivity contribution in [2.75, 3.05) is 36.5 Å². The summed E-state index contributed by atoms with van der Waals surface area (Å²) in [6.45, 7) is 4.88. The fourth-order valence-electron chi connectivity index (χ4n) is 3.06. The van der Waals surface area contributed by atoms with E-state index in [4.69, 9.17) is 14.2 Å². The SMILES string of the molecule is C[C@@H]1Oc2ccccc2O[C@@H]1C(=O)Nc1ccc(N2CCOCC2)nc1. The predicted octanol–water partition coefficient (Wildman–Crippen LogP) is 2.09. The van der Waals surface area contributed by atoms with Crippen LogP contribution in [0.3, 0.4) is 0 Å². The fraction of sp³-hybridized carbons (Fsp3) is 0.368. The molecule has 2 aliphatic heterocycles. The first-order chi connectivity index (χ1) is 12.7. The quantitative estimate of drug-likeness (QED) is 0.909. The number of pyridine rings is 1. The van der Waals surface area contributed by atoms with Gasteiger partial charge in [-0.25, -0.2) is 4.98 Å². The van der Waals surface area contributed by atoms with E-state index in [0.717, 1.165) is 18.9 Å². The van der Waals surface area contributed by atoms with Gasteiger partial charge in [0.1, 0.15) is 11.9 Å². The van der Waals surface area contributed by atoms with E-state index in [1.807, 2.05) is 37.3 Å². The van der Waals surface area contributed by atoms with Crippen LogP contribution in [-0.2, 0) is 9.53 Å². The Labute approximate surface area is 151 Å². The van der Waals surface area contributed by atoms with Gasteiger partial charge in [-0.2, -0.15) is 0 Å². The van der Waals surface area contributed by atoms with E-state index < -0.39 is 6.10 Å². The maximum Gasteiger partial charge on any atom is 0.269 e. The first-order valence-corrected chi connectivity index (χ1v) is 8.73. The average molecular weight is 355 g/mol. The molecular formula is C19H21N3O4. The smallest absolute Gasteiger partial charge is 0.269 e. The number of hydrogen-bond donors (Lipinski definition) is 1. The standard InChI is InChI=1S/C19H21N3O4/c1-13-18(26-16-5-3-2-4-15(16)25-13)19(23)21-14-6-7-17(20-12-14)22-8-10-24-11-9-22/h2-7,12-13,18H,8-11H2,1H3,(H,21,23)/t13-,18-/m0/s1. The number of benzene rings is 1. The predicted molar refractivity (Wildman–Crippen MR) is 96.8 cm³/mol. The Kier molecular flexibility index (Phi) is 4.62. The highest BCUT2D eigenvalue weighted by molar-refractivity contribution is 5.95. The van der Waals surface area contributed by atoms with E-state index in [1.54, 1.807) is 12.3 Å². The number of hydrogen-bond acceptors (Lipinski definition) is 6. The Morgan fingerprint density at radius 2 is 1.85 bits per heavy atom. The monoisotopic (exact) mass is 355 g/mol. The molecule has 1 amide bonds. The maximum absolute atomic E-state index is 12.6. The van der Waals surface area contributed by atoms with Gasteiger partial charge >= 0.3 is 0 Å². The van der Waals surface area contributed by atoms with Crippen molar-refractivity contribution in [3.8, 4) is 11.5 Å². The Hall–Kier alpha value is -2.80. The topological polar surface area (TPSA) is 72.9 Å². The number of anilines is 2. The second kappa shape index (κ2) is 7.21. The zero-order valence-electron chi connectivity index (χ0n) is 14.6. The molecular weight excluding hydrogens is 334 g/mol. The molecule has 2 atom stereocenters. The molecule has 0 radical (unpaired) electrons. The lowest BCUT2D eigenvalue weighted by Crippen LogP contribution is -2.46. The first kappa shape index (κ1) is 16.7. The molecule has 136 valence electrons. The van der Waals surface area contributed by atoms with E-state index in [0.29, 0.717) is 30.4 Å². The van der Waals surface area contributed by atoms with Gasteiger partial charge in [0, 0.05) is 13.1 Å². The minimum absolute atomic E-state index is 0.257. The summed E-state index contributed by atoms with van der Waals surface area (Å²) < 4.78 is 16.9. The molecule has 26 heavy (non-hydrogen) atoms. The summed E-state index contributed by atoms with van der Waals surface area (Å²) in [4.78, 5) is 19.2. The summed E-state index contributed by atoms with van der Waals surface area (Å²) in [6, 6.07) is 11.1. The van der Waals surface area contributed by atoms with Crippen molar-refractivity contribution in [3.05, 3.63) is 42.6 Å². The summed E-state index contributed by atoms with van der Waals surface area (Å²) in [6.07, 6.45) is 0.555. The minimum atomic E-state index is -0.719. The molecule has 0 saturated carbocycles. The number of rotatable bonds is 3. The van der Waals surface area contributed by atoms with Gasteiger partial charge < -0.3 is 24.4 Å². The van der Waals surface area contributed by atoms with Gasteiger partial charge in [0.2, 0.25) is 6.10 Å². The van der Waals surface area contributed by atoms with E-state index >= 15 is 0 Å². The Morgan fingerprint density at radius 3 is 2.54 bits per heavy atom. The normalized spacial score (nSPS) is 22.0. The molecule has 1 saturated heterocycles. The van der Waals surface area contributed by atoms with Crippen LogP contribution in [-0.4, -0.2) is 49.4 Å². The molecule has 0 spiro atoms. The van der Waals surface area contributed by atoms with Crippen LogP contribution in [0.4, 0.5) is 11.5 Å². The molecule has 7 heteroatoms. The Morgan fingerprint density at radius 1 is 1.12 bits per heavy atom. The number of nitrogens with zero attached hydrogens (tertiary/aromatic N) is 2. The number of carbonyl (C=O) groups is 1. The van der Waals surface area contributed by atoms with E-state index in [2.05, 4.69) is 15.2 Å². The molecule has 0 aliphatic carbocycles. The molecule has 4 rings (SSSR count). The van der Waals surface area contributed by atoms with Crippen LogP contribution in [0.2, 0.25) is 0 Å². The van der Waals surface area contributed by atoms with Crippen molar-refractivity contribution in [3.63, 3.8) is 0 Å². The summed E-state index contributed by atoms with van der Waals surface area (Å²) in [5.41, 5.74) is 0.627. The number of morpholine rings is 1.